The summed E-state index contributed by atoms with van der Waals surface area (Å²) in [5.74, 6) is -1.31. The van der Waals surface area contributed by atoms with E-state index < -0.39 is 5.97 Å². The summed E-state index contributed by atoms with van der Waals surface area (Å²) in [5, 5.41) is 17.9. The van der Waals surface area contributed by atoms with E-state index in [1.807, 2.05) is 0 Å². The Bertz CT molecular complexity index is 119. The number of carboxylic acid groups (broad SMARTS) is 1. The van der Waals surface area contributed by atoms with Crippen LogP contribution < -0.4 is 34.7 Å². The molecule has 3 nitrogen and oxygen atoms in total. The van der Waals surface area contributed by atoms with Crippen molar-refractivity contribution >= 4 is 5.97 Å². The molecule has 0 bridgehead atoms. The standard InChI is InChI=1S/C5H8O3.Na/c1-2-4(3-6)5(7)8;/h3,6H,2H2,1H3,(H,7,8);/q;+1/p-1. The minimum atomic E-state index is -1.31. The van der Waals surface area contributed by atoms with E-state index in [0.29, 0.717) is 12.7 Å². The average molecular weight is 138 g/mol. The molecule has 1 N–H and O–H groups in total. The zero-order chi connectivity index (χ0) is 6.57. The quantitative estimate of drug-likeness (QED) is 0.246. The molecule has 0 aromatic rings. The summed E-state index contributed by atoms with van der Waals surface area (Å²) in [7, 11) is 0. The van der Waals surface area contributed by atoms with Gasteiger partial charge in [0.05, 0.1) is 12.2 Å². The van der Waals surface area contributed by atoms with Crippen LogP contribution >= 0.6 is 0 Å². The molecule has 0 spiro atoms. The number of rotatable bonds is 2. The van der Waals surface area contributed by atoms with Crippen LogP contribution in [0.1, 0.15) is 13.3 Å². The van der Waals surface area contributed by atoms with Gasteiger partial charge in [-0.1, -0.05) is 6.92 Å². The van der Waals surface area contributed by atoms with E-state index in [1.54, 1.807) is 6.92 Å². The third-order valence-electron chi connectivity index (χ3n) is 0.799. The first kappa shape index (κ1) is 11.8. The van der Waals surface area contributed by atoms with Gasteiger partial charge in [0, 0.05) is 5.57 Å². The van der Waals surface area contributed by atoms with E-state index in [-0.39, 0.29) is 35.1 Å². The topological polar surface area (TPSA) is 60.4 Å². The van der Waals surface area contributed by atoms with Crippen LogP contribution in [0.2, 0.25) is 0 Å². The molecule has 0 fully saturated rings. The van der Waals surface area contributed by atoms with Gasteiger partial charge in [-0.3, -0.25) is 0 Å². The van der Waals surface area contributed by atoms with E-state index in [1.165, 1.54) is 0 Å². The van der Waals surface area contributed by atoms with Crippen LogP contribution in [0.4, 0.5) is 0 Å². The van der Waals surface area contributed by atoms with Gasteiger partial charge < -0.3 is 15.0 Å². The van der Waals surface area contributed by atoms with Gasteiger partial charge in [0.2, 0.25) is 0 Å². The first-order chi connectivity index (χ1) is 3.72. The first-order valence-electron chi connectivity index (χ1n) is 2.27. The summed E-state index contributed by atoms with van der Waals surface area (Å²) in [6.45, 7) is 1.62. The summed E-state index contributed by atoms with van der Waals surface area (Å²) in [5.41, 5.74) is -0.0787. The van der Waals surface area contributed by atoms with Crippen molar-refractivity contribution in [2.75, 3.05) is 0 Å². The van der Waals surface area contributed by atoms with Crippen molar-refractivity contribution in [2.45, 2.75) is 13.3 Å². The monoisotopic (exact) mass is 138 g/mol. The molecule has 0 aromatic heterocycles. The molecule has 0 radical (unpaired) electrons. The molecule has 0 aliphatic carbocycles. The summed E-state index contributed by atoms with van der Waals surface area (Å²) >= 11 is 0. The van der Waals surface area contributed by atoms with Gasteiger partial charge in [0.25, 0.3) is 0 Å². The summed E-state index contributed by atoms with van der Waals surface area (Å²) in [6, 6.07) is 0. The molecule has 0 amide bonds. The summed E-state index contributed by atoms with van der Waals surface area (Å²) < 4.78 is 0. The Labute approximate surface area is 75.7 Å². The Kier molecular flexibility index (Phi) is 8.02. The number of carboxylic acids is 1. The number of aliphatic hydroxyl groups excluding tert-OH is 1. The number of carbonyl (C=O) groups excluding carboxylic acids is 1. The third kappa shape index (κ3) is 4.51. The van der Waals surface area contributed by atoms with Gasteiger partial charge in [-0.2, -0.15) is 0 Å². The van der Waals surface area contributed by atoms with Crippen molar-refractivity contribution in [1.29, 1.82) is 0 Å². The van der Waals surface area contributed by atoms with Gasteiger partial charge in [-0.05, 0) is 6.42 Å². The van der Waals surface area contributed by atoms with Crippen molar-refractivity contribution in [3.63, 3.8) is 0 Å². The van der Waals surface area contributed by atoms with Crippen LogP contribution in [0, 0.1) is 0 Å². The van der Waals surface area contributed by atoms with Crippen molar-refractivity contribution in [1.82, 2.24) is 0 Å². The molecule has 0 aromatic carbocycles. The summed E-state index contributed by atoms with van der Waals surface area (Å²) in [4.78, 5) is 9.82. The molecular formula is C5H7NaO3. The van der Waals surface area contributed by atoms with Gasteiger partial charge in [0.15, 0.2) is 0 Å². The zero-order valence-corrected chi connectivity index (χ0v) is 7.55. The Morgan fingerprint density at radius 1 is 1.78 bits per heavy atom. The molecule has 0 unspecified atom stereocenters. The second-order valence-electron chi connectivity index (χ2n) is 1.30. The maximum atomic E-state index is 9.82. The van der Waals surface area contributed by atoms with E-state index in [4.69, 9.17) is 5.11 Å². The molecule has 0 aliphatic heterocycles. The Morgan fingerprint density at radius 3 is 2.22 bits per heavy atom. The van der Waals surface area contributed by atoms with Crippen LogP contribution in [0.3, 0.4) is 0 Å². The van der Waals surface area contributed by atoms with Crippen LogP contribution in [0.15, 0.2) is 11.8 Å². The second kappa shape index (κ2) is 6.13. The Morgan fingerprint density at radius 2 is 2.22 bits per heavy atom. The normalized spacial score (nSPS) is 10.1. The van der Waals surface area contributed by atoms with Gasteiger partial charge in [0.1, 0.15) is 0 Å². The molecule has 0 rings (SSSR count). The number of carbonyl (C=O) groups is 1. The molecule has 0 saturated carbocycles. The Hall–Kier alpha value is 0.0100. The smallest absolute Gasteiger partial charge is 0.545 e. The maximum absolute atomic E-state index is 9.82. The Balaban J connectivity index is 0. The van der Waals surface area contributed by atoms with Gasteiger partial charge in [-0.15, -0.1) is 0 Å². The molecule has 0 saturated heterocycles. The molecule has 0 atom stereocenters. The van der Waals surface area contributed by atoms with Crippen LogP contribution in [0.25, 0.3) is 0 Å². The average Bonchev–Trinajstić information content (AvgIpc) is 1.69. The van der Waals surface area contributed by atoms with Gasteiger partial charge >= 0.3 is 29.6 Å². The fraction of sp³-hybridized carbons (Fsp3) is 0.400. The fourth-order valence-corrected chi connectivity index (χ4v) is 0.288. The maximum Gasteiger partial charge on any atom is 1.00 e. The van der Waals surface area contributed by atoms with E-state index in [0.717, 1.165) is 0 Å². The number of hydrogen-bond acceptors (Lipinski definition) is 3. The number of aliphatic carboxylic acids is 1. The molecular weight excluding hydrogens is 131 g/mol. The van der Waals surface area contributed by atoms with E-state index in [9.17, 15) is 9.90 Å². The molecule has 0 heterocycles. The van der Waals surface area contributed by atoms with Crippen molar-refractivity contribution < 1.29 is 44.6 Å². The molecule has 4 heteroatoms. The molecule has 9 heavy (non-hydrogen) atoms. The van der Waals surface area contributed by atoms with Crippen LogP contribution in [-0.2, 0) is 4.79 Å². The molecule has 46 valence electrons. The van der Waals surface area contributed by atoms with Crippen molar-refractivity contribution in [2.24, 2.45) is 0 Å². The zero-order valence-electron chi connectivity index (χ0n) is 5.55. The number of hydrogen-bond donors (Lipinski definition) is 1. The van der Waals surface area contributed by atoms with Crippen LogP contribution in [-0.4, -0.2) is 11.1 Å². The third-order valence-corrected chi connectivity index (χ3v) is 0.799. The SMILES string of the molecule is CCC(=CO)C(=O)[O-].[Na+]. The van der Waals surface area contributed by atoms with Crippen LogP contribution in [0.5, 0.6) is 0 Å². The fourth-order valence-electron chi connectivity index (χ4n) is 0.288. The predicted molar refractivity (Wildman–Crippen MR) is 26.0 cm³/mol. The second-order valence-corrected chi connectivity index (χ2v) is 1.30. The summed E-state index contributed by atoms with van der Waals surface area (Å²) in [6.07, 6.45) is 0.841. The van der Waals surface area contributed by atoms with Crippen molar-refractivity contribution in [3.05, 3.63) is 11.8 Å². The van der Waals surface area contributed by atoms with E-state index >= 15 is 0 Å². The van der Waals surface area contributed by atoms with Crippen molar-refractivity contribution in [3.8, 4) is 0 Å². The first-order valence-corrected chi connectivity index (χ1v) is 2.27. The predicted octanol–water partition coefficient (Wildman–Crippen LogP) is -3.41. The minimum absolute atomic E-state index is 0. The largest absolute Gasteiger partial charge is 1.00 e. The minimum Gasteiger partial charge on any atom is -0.545 e. The number of aliphatic hydroxyl groups is 1. The van der Waals surface area contributed by atoms with E-state index in [2.05, 4.69) is 0 Å². The molecule has 0 aliphatic rings. The van der Waals surface area contributed by atoms with Gasteiger partial charge in [-0.25, -0.2) is 0 Å².